The van der Waals surface area contributed by atoms with Crippen molar-refractivity contribution in [3.8, 4) is 0 Å². The fourth-order valence-electron chi connectivity index (χ4n) is 7.38. The van der Waals surface area contributed by atoms with Crippen LogP contribution in [0.15, 0.2) is 36.4 Å². The molecule has 0 radical (unpaired) electrons. The van der Waals surface area contributed by atoms with E-state index in [1.165, 1.54) is 6.07 Å². The van der Waals surface area contributed by atoms with E-state index in [0.29, 0.717) is 34.7 Å². The summed E-state index contributed by atoms with van der Waals surface area (Å²) in [6.07, 6.45) is 8.14. The highest BCUT2D eigenvalue weighted by atomic mass is 35.5. The van der Waals surface area contributed by atoms with E-state index in [-0.39, 0.29) is 52.7 Å². The largest absolute Gasteiger partial charge is 0.444 e. The van der Waals surface area contributed by atoms with Crippen molar-refractivity contribution in [3.05, 3.63) is 75.5 Å². The molecule has 18 nitrogen and oxygen atoms in total. The topological polar surface area (TPSA) is 290 Å². The monoisotopic (exact) mass is 903 g/mol. The number of carbonyl (C=O) groups is 3. The third kappa shape index (κ3) is 15.5. The van der Waals surface area contributed by atoms with Crippen molar-refractivity contribution < 1.29 is 19.1 Å². The lowest BCUT2D eigenvalue weighted by Crippen LogP contribution is -2.50. The van der Waals surface area contributed by atoms with E-state index in [0.717, 1.165) is 73.9 Å². The number of hydrogen-bond donors (Lipinski definition) is 8. The van der Waals surface area contributed by atoms with Gasteiger partial charge in [0.2, 0.25) is 0 Å². The molecule has 3 amide bonds. The SMILES string of the molecule is CC(C)(C)OC(=O)N[C@H]1CCCC[C@H]1N.Cc1ccc(Nc2cc(Cl)nnc2C(N)=O)nc1C(C)C.Cc1ccc(Nc2cc(N[C@@H]3CCCC[C@@H]3N)nnc2C(N)=O)nc1C(C)C. The zero-order valence-corrected chi connectivity index (χ0v) is 39.3. The van der Waals surface area contributed by atoms with Gasteiger partial charge in [0, 0.05) is 47.7 Å². The van der Waals surface area contributed by atoms with Crippen LogP contribution >= 0.6 is 11.6 Å². The summed E-state index contributed by atoms with van der Waals surface area (Å²) in [5.74, 6) is 1.04. The number of rotatable bonds is 11. The summed E-state index contributed by atoms with van der Waals surface area (Å²) in [6.45, 7) is 17.9. The minimum absolute atomic E-state index is 0.0212. The molecule has 4 aromatic heterocycles. The minimum atomic E-state index is -0.683. The van der Waals surface area contributed by atoms with Gasteiger partial charge < -0.3 is 48.9 Å². The zero-order valence-electron chi connectivity index (χ0n) is 38.6. The van der Waals surface area contributed by atoms with Gasteiger partial charge in [-0.15, -0.1) is 20.4 Å². The van der Waals surface area contributed by atoms with E-state index >= 15 is 0 Å². The lowest BCUT2D eigenvalue weighted by Gasteiger charge is -2.30. The Hall–Kier alpha value is -5.72. The number of aryl methyl sites for hydroxylation is 2. The van der Waals surface area contributed by atoms with E-state index < -0.39 is 17.4 Å². The number of nitrogens with two attached hydrogens (primary N) is 4. The van der Waals surface area contributed by atoms with Gasteiger partial charge in [0.15, 0.2) is 22.4 Å². The molecule has 0 bridgehead atoms. The third-order valence-electron chi connectivity index (χ3n) is 10.6. The van der Waals surface area contributed by atoms with Gasteiger partial charge >= 0.3 is 6.09 Å². The summed E-state index contributed by atoms with van der Waals surface area (Å²) < 4.78 is 5.18. The Kier molecular flexibility index (Phi) is 18.5. The van der Waals surface area contributed by atoms with Crippen LogP contribution in [0.2, 0.25) is 5.15 Å². The molecule has 6 rings (SSSR count). The molecular formula is C45H67ClN14O4. The maximum absolute atomic E-state index is 11.8. The Bertz CT molecular complexity index is 2220. The Morgan fingerprint density at radius 2 is 1.12 bits per heavy atom. The lowest BCUT2D eigenvalue weighted by molar-refractivity contribution is 0.0485. The highest BCUT2D eigenvalue weighted by Crippen LogP contribution is 2.27. The smallest absolute Gasteiger partial charge is 0.407 e. The number of hydrogen-bond acceptors (Lipinski definition) is 15. The van der Waals surface area contributed by atoms with Crippen LogP contribution in [-0.2, 0) is 4.74 Å². The molecule has 0 unspecified atom stereocenters. The fraction of sp³-hybridized carbons (Fsp3) is 0.533. The van der Waals surface area contributed by atoms with E-state index in [9.17, 15) is 14.4 Å². The molecule has 2 aliphatic rings. The maximum Gasteiger partial charge on any atom is 0.407 e. The summed E-state index contributed by atoms with van der Waals surface area (Å²) in [7, 11) is 0. The van der Waals surface area contributed by atoms with Gasteiger partial charge in [-0.1, -0.05) is 77.1 Å². The van der Waals surface area contributed by atoms with Crippen LogP contribution in [-0.4, -0.2) is 78.0 Å². The summed E-state index contributed by atoms with van der Waals surface area (Å²) in [4.78, 5) is 43.9. The molecule has 4 aromatic rings. The van der Waals surface area contributed by atoms with Gasteiger partial charge in [-0.05, 0) is 95.4 Å². The summed E-state index contributed by atoms with van der Waals surface area (Å²) in [5.41, 5.74) is 27.6. The molecule has 4 atom stereocenters. The van der Waals surface area contributed by atoms with Crippen molar-refractivity contribution in [2.24, 2.45) is 22.9 Å². The maximum atomic E-state index is 11.8. The van der Waals surface area contributed by atoms with Crippen LogP contribution in [0.25, 0.3) is 0 Å². The Balaban J connectivity index is 0.000000221. The molecular weight excluding hydrogens is 836 g/mol. The molecule has 64 heavy (non-hydrogen) atoms. The summed E-state index contributed by atoms with van der Waals surface area (Å²) >= 11 is 5.81. The first-order valence-corrected chi connectivity index (χ1v) is 22.3. The molecule has 4 heterocycles. The first-order chi connectivity index (χ1) is 30.1. The van der Waals surface area contributed by atoms with Crippen molar-refractivity contribution in [1.29, 1.82) is 0 Å². The second kappa shape index (κ2) is 23.3. The molecule has 19 heteroatoms. The molecule has 12 N–H and O–H groups in total. The fourth-order valence-corrected chi connectivity index (χ4v) is 7.53. The van der Waals surface area contributed by atoms with E-state index in [1.807, 2.05) is 58.9 Å². The van der Waals surface area contributed by atoms with Crippen molar-refractivity contribution in [2.45, 2.75) is 155 Å². The summed E-state index contributed by atoms with van der Waals surface area (Å²) in [6, 6.07) is 11.3. The van der Waals surface area contributed by atoms with E-state index in [4.69, 9.17) is 39.3 Å². The van der Waals surface area contributed by atoms with Gasteiger partial charge in [-0.3, -0.25) is 9.59 Å². The Morgan fingerprint density at radius 1 is 0.672 bits per heavy atom. The number of primary amides is 2. The number of carbonyl (C=O) groups excluding carboxylic acids is 3. The quantitative estimate of drug-likeness (QED) is 0.0727. The number of alkyl carbamates (subject to hydrolysis) is 1. The number of halogens is 1. The highest BCUT2D eigenvalue weighted by Gasteiger charge is 2.26. The average Bonchev–Trinajstić information content (AvgIpc) is 3.20. The lowest BCUT2D eigenvalue weighted by atomic mass is 9.91. The van der Waals surface area contributed by atoms with Crippen LogP contribution in [0, 0.1) is 13.8 Å². The second-order valence-electron chi connectivity index (χ2n) is 17.9. The average molecular weight is 904 g/mol. The van der Waals surface area contributed by atoms with E-state index in [2.05, 4.69) is 79.3 Å². The number of ether oxygens (including phenoxy) is 1. The van der Waals surface area contributed by atoms with Gasteiger partial charge in [0.25, 0.3) is 11.8 Å². The number of pyridine rings is 2. The van der Waals surface area contributed by atoms with Gasteiger partial charge in [-0.25, -0.2) is 14.8 Å². The molecule has 348 valence electrons. The number of amides is 3. The molecule has 2 aliphatic carbocycles. The van der Waals surface area contributed by atoms with Crippen LogP contribution < -0.4 is 44.2 Å². The van der Waals surface area contributed by atoms with E-state index in [1.54, 1.807) is 6.07 Å². The normalized spacial score (nSPS) is 18.4. The van der Waals surface area contributed by atoms with Gasteiger partial charge in [-0.2, -0.15) is 0 Å². The number of anilines is 5. The van der Waals surface area contributed by atoms with Gasteiger partial charge in [0.05, 0.1) is 11.4 Å². The zero-order chi connectivity index (χ0) is 47.3. The van der Waals surface area contributed by atoms with Crippen molar-refractivity contribution in [2.75, 3.05) is 16.0 Å². The highest BCUT2D eigenvalue weighted by molar-refractivity contribution is 6.29. The first-order valence-electron chi connectivity index (χ1n) is 21.9. The third-order valence-corrected chi connectivity index (χ3v) is 10.8. The van der Waals surface area contributed by atoms with Crippen molar-refractivity contribution in [1.82, 2.24) is 35.7 Å². The van der Waals surface area contributed by atoms with Crippen LogP contribution in [0.3, 0.4) is 0 Å². The Labute approximate surface area is 381 Å². The molecule has 0 aromatic carbocycles. The van der Waals surface area contributed by atoms with Gasteiger partial charge in [0.1, 0.15) is 17.2 Å². The van der Waals surface area contributed by atoms with Crippen LogP contribution in [0.4, 0.5) is 33.6 Å². The number of nitrogens with zero attached hydrogens (tertiary/aromatic N) is 6. The number of aromatic nitrogens is 6. The first kappa shape index (κ1) is 50.9. The Morgan fingerprint density at radius 3 is 1.58 bits per heavy atom. The predicted molar refractivity (Wildman–Crippen MR) is 252 cm³/mol. The minimum Gasteiger partial charge on any atom is -0.444 e. The molecule has 0 saturated heterocycles. The number of nitrogens with one attached hydrogen (secondary N) is 4. The molecule has 0 spiro atoms. The predicted octanol–water partition coefficient (Wildman–Crippen LogP) is 7.41. The van der Waals surface area contributed by atoms with Crippen molar-refractivity contribution in [3.63, 3.8) is 0 Å². The summed E-state index contributed by atoms with van der Waals surface area (Å²) in [5, 5.41) is 28.0. The molecule has 2 fully saturated rings. The van der Waals surface area contributed by atoms with Crippen LogP contribution in [0.1, 0.15) is 155 Å². The molecule has 2 saturated carbocycles. The molecule has 0 aliphatic heterocycles. The van der Waals surface area contributed by atoms with Crippen LogP contribution in [0.5, 0.6) is 0 Å². The van der Waals surface area contributed by atoms with Crippen molar-refractivity contribution >= 4 is 58.3 Å². The standard InChI is InChI=1S/C20H29N7O.C14H16ClN5O.C11H22N2O2/c1-11(2)18-12(3)8-9-16(25-18)24-15-10-17(26-27-19(15)20(22)28)23-14-7-5-4-6-13(14)21;1-7(2)12-8(3)4-5-11(18-12)17-9-6-10(15)19-20-13(9)14(16)21;1-11(2,3)15-10(14)13-9-7-5-4-6-8(9)12/h8-11,13-14H,4-7,21H2,1-3H3,(H2,22,28)(H2,23,24,25,26);4-7H,1-3H3,(H2,16,21)(H,17,18,19);8-9H,4-7,12H2,1-3H3,(H,13,14)/t13-,14+;;8-,9+/m0.1/s1. The second-order valence-corrected chi connectivity index (χ2v) is 18.3.